The van der Waals surface area contributed by atoms with Crippen LogP contribution in [0.4, 0.5) is 5.69 Å². The highest BCUT2D eigenvalue weighted by Gasteiger charge is 2.22. The van der Waals surface area contributed by atoms with Gasteiger partial charge in [0.2, 0.25) is 0 Å². The Bertz CT molecular complexity index is 448. The number of nitro benzene ring substituents is 1. The molecule has 0 unspecified atom stereocenters. The molecule has 0 amide bonds. The molecular formula is C13H18N2O3. The first kappa shape index (κ1) is 13.0. The lowest BCUT2D eigenvalue weighted by molar-refractivity contribution is -0.385. The van der Waals surface area contributed by atoms with Crippen LogP contribution in [0.3, 0.4) is 0 Å². The van der Waals surface area contributed by atoms with Crippen LogP contribution in [-0.2, 0) is 4.74 Å². The third kappa shape index (κ3) is 2.68. The topological polar surface area (TPSA) is 55.6 Å². The average molecular weight is 250 g/mol. The normalized spacial score (nSPS) is 20.9. The molecule has 1 saturated heterocycles. The summed E-state index contributed by atoms with van der Waals surface area (Å²) in [6, 6.07) is 5.23. The van der Waals surface area contributed by atoms with E-state index in [1.54, 1.807) is 19.1 Å². The van der Waals surface area contributed by atoms with Crippen molar-refractivity contribution in [1.29, 1.82) is 0 Å². The van der Waals surface area contributed by atoms with E-state index in [4.69, 9.17) is 4.74 Å². The predicted octanol–water partition coefficient (Wildman–Crippen LogP) is 2.30. The summed E-state index contributed by atoms with van der Waals surface area (Å²) in [5.41, 5.74) is 1.88. The van der Waals surface area contributed by atoms with Crippen molar-refractivity contribution in [3.8, 4) is 0 Å². The number of benzene rings is 1. The number of ether oxygens (including phenoxy) is 1. The summed E-state index contributed by atoms with van der Waals surface area (Å²) in [4.78, 5) is 12.8. The van der Waals surface area contributed by atoms with Crippen molar-refractivity contribution in [2.45, 2.75) is 20.0 Å². The highest BCUT2D eigenvalue weighted by atomic mass is 16.6. The quantitative estimate of drug-likeness (QED) is 0.610. The Labute approximate surface area is 107 Å². The van der Waals surface area contributed by atoms with E-state index < -0.39 is 0 Å². The highest BCUT2D eigenvalue weighted by Crippen LogP contribution is 2.26. The van der Waals surface area contributed by atoms with Gasteiger partial charge >= 0.3 is 0 Å². The molecule has 1 heterocycles. The Morgan fingerprint density at radius 1 is 1.56 bits per heavy atom. The van der Waals surface area contributed by atoms with Crippen molar-refractivity contribution in [1.82, 2.24) is 4.90 Å². The van der Waals surface area contributed by atoms with Crippen LogP contribution in [0.25, 0.3) is 0 Å². The van der Waals surface area contributed by atoms with E-state index in [0.29, 0.717) is 12.2 Å². The summed E-state index contributed by atoms with van der Waals surface area (Å²) in [6.45, 7) is 7.43. The maximum absolute atomic E-state index is 10.8. The van der Waals surface area contributed by atoms with Crippen molar-refractivity contribution in [3.63, 3.8) is 0 Å². The Morgan fingerprint density at radius 2 is 2.33 bits per heavy atom. The summed E-state index contributed by atoms with van der Waals surface area (Å²) in [7, 11) is 0. The SMILES string of the molecule is CCN1CCO[C@H](c2ccc([N+](=O)[O-])c(C)c2)C1. The zero-order valence-corrected chi connectivity index (χ0v) is 10.8. The zero-order chi connectivity index (χ0) is 13.1. The van der Waals surface area contributed by atoms with E-state index >= 15 is 0 Å². The monoisotopic (exact) mass is 250 g/mol. The molecule has 1 aromatic rings. The molecule has 5 nitrogen and oxygen atoms in total. The van der Waals surface area contributed by atoms with Gasteiger partial charge in [-0.25, -0.2) is 0 Å². The molecule has 98 valence electrons. The molecule has 0 aromatic heterocycles. The molecule has 1 fully saturated rings. The van der Waals surface area contributed by atoms with Gasteiger partial charge < -0.3 is 4.74 Å². The van der Waals surface area contributed by atoms with Crippen LogP contribution in [0.15, 0.2) is 18.2 Å². The average Bonchev–Trinajstić information content (AvgIpc) is 2.38. The fourth-order valence-electron chi connectivity index (χ4n) is 2.28. The molecule has 0 spiro atoms. The first-order chi connectivity index (χ1) is 8.61. The smallest absolute Gasteiger partial charge is 0.272 e. The summed E-state index contributed by atoms with van der Waals surface area (Å²) < 4.78 is 5.74. The van der Waals surface area contributed by atoms with Crippen molar-refractivity contribution in [2.24, 2.45) is 0 Å². The predicted molar refractivity (Wildman–Crippen MR) is 68.6 cm³/mol. The third-order valence-electron chi connectivity index (χ3n) is 3.39. The third-order valence-corrected chi connectivity index (χ3v) is 3.39. The molecule has 0 radical (unpaired) electrons. The van der Waals surface area contributed by atoms with Gasteiger partial charge in [0, 0.05) is 24.7 Å². The zero-order valence-electron chi connectivity index (χ0n) is 10.8. The van der Waals surface area contributed by atoms with Gasteiger partial charge in [-0.2, -0.15) is 0 Å². The van der Waals surface area contributed by atoms with Crippen LogP contribution >= 0.6 is 0 Å². The number of aryl methyl sites for hydroxylation is 1. The van der Waals surface area contributed by atoms with Crippen LogP contribution in [-0.4, -0.2) is 36.1 Å². The standard InChI is InChI=1S/C13H18N2O3/c1-3-14-6-7-18-13(9-14)11-4-5-12(15(16)17)10(2)8-11/h4-5,8,13H,3,6-7,9H2,1-2H3/t13-/m0/s1. The number of morpholine rings is 1. The van der Waals surface area contributed by atoms with Gasteiger partial charge in [0.15, 0.2) is 0 Å². The second-order valence-electron chi connectivity index (χ2n) is 4.56. The molecule has 1 aromatic carbocycles. The van der Waals surface area contributed by atoms with Gasteiger partial charge in [-0.05, 0) is 31.2 Å². The van der Waals surface area contributed by atoms with Crippen molar-refractivity contribution in [3.05, 3.63) is 39.4 Å². The van der Waals surface area contributed by atoms with Gasteiger partial charge in [0.25, 0.3) is 5.69 Å². The van der Waals surface area contributed by atoms with Crippen molar-refractivity contribution in [2.75, 3.05) is 26.2 Å². The fraction of sp³-hybridized carbons (Fsp3) is 0.538. The van der Waals surface area contributed by atoms with Crippen LogP contribution in [0, 0.1) is 17.0 Å². The number of likely N-dealkylation sites (N-methyl/N-ethyl adjacent to an activating group) is 1. The Hall–Kier alpha value is -1.46. The molecule has 0 saturated carbocycles. The van der Waals surface area contributed by atoms with Crippen molar-refractivity contribution >= 4 is 5.69 Å². The fourth-order valence-corrected chi connectivity index (χ4v) is 2.28. The Balaban J connectivity index is 2.18. The molecule has 2 rings (SSSR count). The molecular weight excluding hydrogens is 232 g/mol. The maximum Gasteiger partial charge on any atom is 0.272 e. The highest BCUT2D eigenvalue weighted by molar-refractivity contribution is 5.42. The molecule has 18 heavy (non-hydrogen) atoms. The van der Waals surface area contributed by atoms with E-state index in [1.165, 1.54) is 0 Å². The van der Waals surface area contributed by atoms with E-state index in [9.17, 15) is 10.1 Å². The van der Waals surface area contributed by atoms with Crippen LogP contribution in [0.1, 0.15) is 24.2 Å². The number of hydrogen-bond acceptors (Lipinski definition) is 4. The van der Waals surface area contributed by atoms with E-state index in [0.717, 1.165) is 25.2 Å². The number of hydrogen-bond donors (Lipinski definition) is 0. The Kier molecular flexibility index (Phi) is 3.93. The summed E-state index contributed by atoms with van der Waals surface area (Å²) in [5.74, 6) is 0. The molecule has 0 N–H and O–H groups in total. The lowest BCUT2D eigenvalue weighted by Crippen LogP contribution is -2.38. The van der Waals surface area contributed by atoms with Gasteiger partial charge in [0.05, 0.1) is 17.6 Å². The van der Waals surface area contributed by atoms with Crippen molar-refractivity contribution < 1.29 is 9.66 Å². The Morgan fingerprint density at radius 3 is 2.94 bits per heavy atom. The van der Waals surface area contributed by atoms with Gasteiger partial charge in [-0.3, -0.25) is 15.0 Å². The minimum Gasteiger partial charge on any atom is -0.371 e. The van der Waals surface area contributed by atoms with Gasteiger partial charge in [-0.15, -0.1) is 0 Å². The second-order valence-corrected chi connectivity index (χ2v) is 4.56. The summed E-state index contributed by atoms with van der Waals surface area (Å²) in [6.07, 6.45) is 0.0261. The van der Waals surface area contributed by atoms with Gasteiger partial charge in [-0.1, -0.05) is 6.92 Å². The van der Waals surface area contributed by atoms with Crippen LogP contribution in [0.5, 0.6) is 0 Å². The van der Waals surface area contributed by atoms with Crippen LogP contribution in [0.2, 0.25) is 0 Å². The minimum atomic E-state index is -0.348. The van der Waals surface area contributed by atoms with E-state index in [-0.39, 0.29) is 16.7 Å². The molecule has 1 aliphatic rings. The number of nitro groups is 1. The van der Waals surface area contributed by atoms with E-state index in [1.807, 2.05) is 6.07 Å². The van der Waals surface area contributed by atoms with Crippen LogP contribution < -0.4 is 0 Å². The molecule has 1 atom stereocenters. The second kappa shape index (κ2) is 5.46. The van der Waals surface area contributed by atoms with Gasteiger partial charge in [0.1, 0.15) is 0 Å². The maximum atomic E-state index is 10.8. The molecule has 5 heteroatoms. The number of nitrogens with zero attached hydrogens (tertiary/aromatic N) is 2. The first-order valence-electron chi connectivity index (χ1n) is 6.20. The summed E-state index contributed by atoms with van der Waals surface area (Å²) >= 11 is 0. The lowest BCUT2D eigenvalue weighted by atomic mass is 10.0. The first-order valence-corrected chi connectivity index (χ1v) is 6.20. The molecule has 1 aliphatic heterocycles. The summed E-state index contributed by atoms with van der Waals surface area (Å²) in [5, 5.41) is 10.8. The minimum absolute atomic E-state index is 0.0261. The number of rotatable bonds is 3. The lowest BCUT2D eigenvalue weighted by Gasteiger charge is -2.32. The molecule has 0 aliphatic carbocycles. The largest absolute Gasteiger partial charge is 0.371 e. The molecule has 0 bridgehead atoms. The van der Waals surface area contributed by atoms with E-state index in [2.05, 4.69) is 11.8 Å².